The van der Waals surface area contributed by atoms with Crippen molar-refractivity contribution in [2.24, 2.45) is 7.05 Å². The Hall–Kier alpha value is -1.27. The SMILES string of the molecule is Cn1nc(C(F)F)cc1OC(F)F. The summed E-state index contributed by atoms with van der Waals surface area (Å²) in [5, 5.41) is 3.27. The van der Waals surface area contributed by atoms with E-state index in [4.69, 9.17) is 0 Å². The first kappa shape index (κ1) is 9.82. The van der Waals surface area contributed by atoms with E-state index in [9.17, 15) is 17.6 Å². The van der Waals surface area contributed by atoms with E-state index in [1.165, 1.54) is 7.05 Å². The van der Waals surface area contributed by atoms with Gasteiger partial charge in [0.2, 0.25) is 5.88 Å². The zero-order chi connectivity index (χ0) is 10.0. The van der Waals surface area contributed by atoms with Crippen LogP contribution in [0.1, 0.15) is 12.1 Å². The average molecular weight is 198 g/mol. The summed E-state index contributed by atoms with van der Waals surface area (Å²) < 4.78 is 52.0. The van der Waals surface area contributed by atoms with Crippen LogP contribution in [0, 0.1) is 0 Å². The number of aryl methyl sites for hydroxylation is 1. The molecule has 0 saturated carbocycles. The third-order valence-corrected chi connectivity index (χ3v) is 1.29. The third kappa shape index (κ3) is 2.33. The van der Waals surface area contributed by atoms with Crippen molar-refractivity contribution in [3.05, 3.63) is 11.8 Å². The van der Waals surface area contributed by atoms with Crippen LogP contribution >= 0.6 is 0 Å². The van der Waals surface area contributed by atoms with Crippen LogP contribution in [0.2, 0.25) is 0 Å². The Kier molecular flexibility index (Phi) is 2.74. The zero-order valence-electron chi connectivity index (χ0n) is 6.55. The van der Waals surface area contributed by atoms with Crippen molar-refractivity contribution in [1.82, 2.24) is 9.78 Å². The van der Waals surface area contributed by atoms with Crippen molar-refractivity contribution in [2.45, 2.75) is 13.0 Å². The van der Waals surface area contributed by atoms with E-state index in [1.54, 1.807) is 0 Å². The van der Waals surface area contributed by atoms with Crippen LogP contribution in [0.3, 0.4) is 0 Å². The summed E-state index contributed by atoms with van der Waals surface area (Å²) in [7, 11) is 1.24. The third-order valence-electron chi connectivity index (χ3n) is 1.29. The lowest BCUT2D eigenvalue weighted by atomic mass is 10.4. The van der Waals surface area contributed by atoms with Gasteiger partial charge >= 0.3 is 6.61 Å². The molecule has 3 nitrogen and oxygen atoms in total. The first-order chi connectivity index (χ1) is 6.00. The predicted octanol–water partition coefficient (Wildman–Crippen LogP) is 1.96. The maximum absolute atomic E-state index is 12.0. The predicted molar refractivity (Wildman–Crippen MR) is 34.8 cm³/mol. The normalized spacial score (nSPS) is 11.3. The quantitative estimate of drug-likeness (QED) is 0.694. The highest BCUT2D eigenvalue weighted by Gasteiger charge is 2.16. The van der Waals surface area contributed by atoms with Crippen LogP contribution in [0.25, 0.3) is 0 Å². The summed E-state index contributed by atoms with van der Waals surface area (Å²) in [5.41, 5.74) is -0.585. The molecule has 0 aliphatic heterocycles. The molecule has 0 fully saturated rings. The molecule has 7 heteroatoms. The van der Waals surface area contributed by atoms with Crippen LogP contribution in [0.5, 0.6) is 5.88 Å². The lowest BCUT2D eigenvalue weighted by Gasteiger charge is -2.01. The second-order valence-corrected chi connectivity index (χ2v) is 2.21. The number of halogens is 4. The Balaban J connectivity index is 2.83. The van der Waals surface area contributed by atoms with Gasteiger partial charge in [0.05, 0.1) is 0 Å². The van der Waals surface area contributed by atoms with Crippen LogP contribution in [-0.4, -0.2) is 16.4 Å². The highest BCUT2D eigenvalue weighted by molar-refractivity contribution is 5.16. The summed E-state index contributed by atoms with van der Waals surface area (Å²) in [6.45, 7) is -3.04. The first-order valence-electron chi connectivity index (χ1n) is 3.27. The van der Waals surface area contributed by atoms with Gasteiger partial charge in [0.15, 0.2) is 0 Å². The molecule has 0 aliphatic rings. The lowest BCUT2D eigenvalue weighted by molar-refractivity contribution is -0.0553. The van der Waals surface area contributed by atoms with Gasteiger partial charge in [0.25, 0.3) is 6.43 Å². The Labute approximate surface area is 70.9 Å². The Morgan fingerprint density at radius 1 is 1.38 bits per heavy atom. The Morgan fingerprint density at radius 3 is 2.38 bits per heavy atom. The molecule has 1 aromatic rings. The molecule has 0 aromatic carbocycles. The monoisotopic (exact) mass is 198 g/mol. The summed E-state index contributed by atoms with van der Waals surface area (Å²) in [6, 6.07) is 0.775. The molecule has 13 heavy (non-hydrogen) atoms. The summed E-state index contributed by atoms with van der Waals surface area (Å²) in [5.74, 6) is -0.384. The molecule has 1 heterocycles. The van der Waals surface area contributed by atoms with E-state index in [1.807, 2.05) is 0 Å². The average Bonchev–Trinajstić information content (AvgIpc) is 2.31. The fourth-order valence-electron chi connectivity index (χ4n) is 0.779. The molecule has 0 atom stereocenters. The van der Waals surface area contributed by atoms with Gasteiger partial charge in [-0.2, -0.15) is 13.9 Å². The highest BCUT2D eigenvalue weighted by atomic mass is 19.3. The van der Waals surface area contributed by atoms with Crippen molar-refractivity contribution >= 4 is 0 Å². The maximum atomic E-state index is 12.0. The van der Waals surface area contributed by atoms with Crippen molar-refractivity contribution in [1.29, 1.82) is 0 Å². The molecule has 74 valence electrons. The molecule has 0 saturated heterocycles. The van der Waals surface area contributed by atoms with Gasteiger partial charge in [-0.25, -0.2) is 13.5 Å². The lowest BCUT2D eigenvalue weighted by Crippen LogP contribution is -2.05. The fourth-order valence-corrected chi connectivity index (χ4v) is 0.779. The van der Waals surface area contributed by atoms with Gasteiger partial charge in [-0.05, 0) is 0 Å². The standard InChI is InChI=1S/C6H6F4N2O/c1-12-4(13-6(9)10)2-3(11-12)5(7)8/h2,5-6H,1H3. The summed E-state index contributed by atoms with van der Waals surface area (Å²) in [6.07, 6.45) is -2.79. The van der Waals surface area contributed by atoms with Gasteiger partial charge in [0, 0.05) is 13.1 Å². The van der Waals surface area contributed by atoms with E-state index in [2.05, 4.69) is 9.84 Å². The summed E-state index contributed by atoms with van der Waals surface area (Å²) >= 11 is 0. The van der Waals surface area contributed by atoms with Gasteiger partial charge in [-0.3, -0.25) is 0 Å². The minimum Gasteiger partial charge on any atom is -0.417 e. The van der Waals surface area contributed by atoms with Gasteiger partial charge in [-0.15, -0.1) is 0 Å². The molecular weight excluding hydrogens is 192 g/mol. The Bertz CT molecular complexity index is 286. The van der Waals surface area contributed by atoms with Crippen LogP contribution < -0.4 is 4.74 Å². The first-order valence-corrected chi connectivity index (χ1v) is 3.27. The molecule has 1 rings (SSSR count). The zero-order valence-corrected chi connectivity index (χ0v) is 6.55. The van der Waals surface area contributed by atoms with Crippen molar-refractivity contribution < 1.29 is 22.3 Å². The number of hydrogen-bond acceptors (Lipinski definition) is 2. The van der Waals surface area contributed by atoms with Crippen molar-refractivity contribution in [3.63, 3.8) is 0 Å². The molecular formula is C6H6F4N2O. The van der Waals surface area contributed by atoms with Crippen LogP contribution in [0.4, 0.5) is 17.6 Å². The number of aromatic nitrogens is 2. The molecule has 0 N–H and O–H groups in total. The molecule has 0 amide bonds. The van der Waals surface area contributed by atoms with Crippen LogP contribution in [0.15, 0.2) is 6.07 Å². The number of rotatable bonds is 3. The van der Waals surface area contributed by atoms with Gasteiger partial charge < -0.3 is 4.74 Å². The van der Waals surface area contributed by atoms with E-state index in [0.717, 1.165) is 10.7 Å². The minimum absolute atomic E-state index is 0.384. The second-order valence-electron chi connectivity index (χ2n) is 2.21. The largest absolute Gasteiger partial charge is 0.417 e. The van der Waals surface area contributed by atoms with Gasteiger partial charge in [0.1, 0.15) is 5.69 Å². The number of ether oxygens (including phenoxy) is 1. The highest BCUT2D eigenvalue weighted by Crippen LogP contribution is 2.22. The van der Waals surface area contributed by atoms with E-state index in [-0.39, 0.29) is 5.88 Å². The van der Waals surface area contributed by atoms with Gasteiger partial charge in [-0.1, -0.05) is 0 Å². The van der Waals surface area contributed by atoms with Crippen molar-refractivity contribution in [3.8, 4) is 5.88 Å². The fraction of sp³-hybridized carbons (Fsp3) is 0.500. The topological polar surface area (TPSA) is 27.1 Å². The second kappa shape index (κ2) is 3.63. The minimum atomic E-state index is -3.04. The van der Waals surface area contributed by atoms with E-state index in [0.29, 0.717) is 0 Å². The number of hydrogen-bond donors (Lipinski definition) is 0. The van der Waals surface area contributed by atoms with E-state index < -0.39 is 18.7 Å². The van der Waals surface area contributed by atoms with Crippen molar-refractivity contribution in [2.75, 3.05) is 0 Å². The molecule has 0 aliphatic carbocycles. The van der Waals surface area contributed by atoms with E-state index >= 15 is 0 Å². The molecule has 0 radical (unpaired) electrons. The maximum Gasteiger partial charge on any atom is 0.388 e. The molecule has 1 aromatic heterocycles. The molecule has 0 bridgehead atoms. The number of nitrogens with zero attached hydrogens (tertiary/aromatic N) is 2. The molecule has 0 unspecified atom stereocenters. The number of alkyl halides is 4. The molecule has 0 spiro atoms. The van der Waals surface area contributed by atoms with Crippen LogP contribution in [-0.2, 0) is 7.05 Å². The smallest absolute Gasteiger partial charge is 0.388 e. The Morgan fingerprint density at radius 2 is 2.00 bits per heavy atom. The summed E-state index contributed by atoms with van der Waals surface area (Å²) in [4.78, 5) is 0.